The van der Waals surface area contributed by atoms with Crippen LogP contribution in [0.25, 0.3) is 11.5 Å². The summed E-state index contributed by atoms with van der Waals surface area (Å²) in [7, 11) is 0. The van der Waals surface area contributed by atoms with E-state index in [2.05, 4.69) is 48.7 Å². The fourth-order valence-corrected chi connectivity index (χ4v) is 2.01. The average molecular weight is 380 g/mol. The van der Waals surface area contributed by atoms with Crippen molar-refractivity contribution in [1.29, 1.82) is 0 Å². The molecule has 6 heteroatoms. The van der Waals surface area contributed by atoms with Crippen molar-refractivity contribution in [3.05, 3.63) is 32.1 Å². The number of benzene rings is 1. The van der Waals surface area contributed by atoms with E-state index in [1.807, 2.05) is 18.2 Å². The third-order valence-corrected chi connectivity index (χ3v) is 3.16. The SMILES string of the molecule is NCc1nnc(-c2cc(I)ccc2Br)o1. The molecule has 0 aliphatic carbocycles. The second-order valence-electron chi connectivity index (χ2n) is 2.83. The summed E-state index contributed by atoms with van der Waals surface area (Å²) >= 11 is 5.67. The molecule has 0 bridgehead atoms. The molecule has 0 spiro atoms. The fourth-order valence-electron chi connectivity index (χ4n) is 1.11. The van der Waals surface area contributed by atoms with Gasteiger partial charge in [-0.1, -0.05) is 0 Å². The van der Waals surface area contributed by atoms with Crippen molar-refractivity contribution >= 4 is 38.5 Å². The molecule has 15 heavy (non-hydrogen) atoms. The molecule has 4 nitrogen and oxygen atoms in total. The van der Waals surface area contributed by atoms with Gasteiger partial charge in [-0.2, -0.15) is 0 Å². The summed E-state index contributed by atoms with van der Waals surface area (Å²) in [5, 5.41) is 7.75. The number of hydrogen-bond acceptors (Lipinski definition) is 4. The first-order valence-electron chi connectivity index (χ1n) is 4.18. The minimum Gasteiger partial charge on any atom is -0.419 e. The Balaban J connectivity index is 2.48. The van der Waals surface area contributed by atoms with Crippen LogP contribution in [-0.2, 0) is 6.54 Å². The van der Waals surface area contributed by atoms with Gasteiger partial charge < -0.3 is 10.2 Å². The molecule has 0 saturated heterocycles. The van der Waals surface area contributed by atoms with E-state index in [1.165, 1.54) is 0 Å². The van der Waals surface area contributed by atoms with Crippen LogP contribution < -0.4 is 5.73 Å². The molecule has 0 aliphatic heterocycles. The normalized spacial score (nSPS) is 10.6. The summed E-state index contributed by atoms with van der Waals surface area (Å²) < 4.78 is 7.41. The Bertz CT molecular complexity index is 486. The summed E-state index contributed by atoms with van der Waals surface area (Å²) in [4.78, 5) is 0. The zero-order valence-corrected chi connectivity index (χ0v) is 11.3. The van der Waals surface area contributed by atoms with Gasteiger partial charge in [0.2, 0.25) is 11.8 Å². The zero-order valence-electron chi connectivity index (χ0n) is 7.58. The van der Waals surface area contributed by atoms with Gasteiger partial charge in [-0.05, 0) is 56.7 Å². The maximum Gasteiger partial charge on any atom is 0.248 e. The first-order valence-corrected chi connectivity index (χ1v) is 6.06. The van der Waals surface area contributed by atoms with Gasteiger partial charge in [0.15, 0.2) is 0 Å². The first kappa shape index (κ1) is 11.0. The highest BCUT2D eigenvalue weighted by Crippen LogP contribution is 2.28. The van der Waals surface area contributed by atoms with Crippen LogP contribution in [-0.4, -0.2) is 10.2 Å². The van der Waals surface area contributed by atoms with E-state index in [4.69, 9.17) is 10.2 Å². The highest BCUT2D eigenvalue weighted by Gasteiger charge is 2.11. The third kappa shape index (κ3) is 2.37. The maximum absolute atomic E-state index is 5.40. The van der Waals surface area contributed by atoms with Crippen LogP contribution in [0.4, 0.5) is 0 Å². The van der Waals surface area contributed by atoms with Crippen LogP contribution in [0, 0.1) is 3.57 Å². The fraction of sp³-hybridized carbons (Fsp3) is 0.111. The summed E-state index contributed by atoms with van der Waals surface area (Å²) in [6, 6.07) is 5.91. The summed E-state index contributed by atoms with van der Waals surface area (Å²) in [5.41, 5.74) is 6.28. The van der Waals surface area contributed by atoms with Crippen LogP contribution in [0.15, 0.2) is 27.1 Å². The van der Waals surface area contributed by atoms with Crippen LogP contribution in [0.1, 0.15) is 5.89 Å². The smallest absolute Gasteiger partial charge is 0.248 e. The van der Waals surface area contributed by atoms with E-state index in [-0.39, 0.29) is 6.54 Å². The summed E-state index contributed by atoms with van der Waals surface area (Å²) in [6.45, 7) is 0.258. The van der Waals surface area contributed by atoms with Gasteiger partial charge in [0.25, 0.3) is 0 Å². The molecule has 0 amide bonds. The van der Waals surface area contributed by atoms with Crippen LogP contribution in [0.5, 0.6) is 0 Å². The van der Waals surface area contributed by atoms with Gasteiger partial charge in [0.1, 0.15) is 0 Å². The Morgan fingerprint density at radius 1 is 1.40 bits per heavy atom. The molecule has 2 rings (SSSR count). The molecule has 0 aliphatic rings. The van der Waals surface area contributed by atoms with Crippen LogP contribution in [0.3, 0.4) is 0 Å². The molecule has 78 valence electrons. The lowest BCUT2D eigenvalue weighted by Gasteiger charge is -1.99. The molecule has 0 fully saturated rings. The van der Waals surface area contributed by atoms with E-state index in [9.17, 15) is 0 Å². The molecule has 1 heterocycles. The zero-order chi connectivity index (χ0) is 10.8. The average Bonchev–Trinajstić information content (AvgIpc) is 2.70. The molecule has 1 aromatic carbocycles. The van der Waals surface area contributed by atoms with Crippen molar-refractivity contribution in [2.45, 2.75) is 6.54 Å². The van der Waals surface area contributed by atoms with Crippen LogP contribution >= 0.6 is 38.5 Å². The Morgan fingerprint density at radius 2 is 2.20 bits per heavy atom. The Hall–Kier alpha value is -0.470. The minimum atomic E-state index is 0.258. The summed E-state index contributed by atoms with van der Waals surface area (Å²) in [6.07, 6.45) is 0. The lowest BCUT2D eigenvalue weighted by atomic mass is 10.2. The predicted molar refractivity (Wildman–Crippen MR) is 68.0 cm³/mol. The Kier molecular flexibility index (Phi) is 3.37. The van der Waals surface area contributed by atoms with Crippen molar-refractivity contribution in [1.82, 2.24) is 10.2 Å². The lowest BCUT2D eigenvalue weighted by molar-refractivity contribution is 0.508. The third-order valence-electron chi connectivity index (χ3n) is 1.80. The maximum atomic E-state index is 5.40. The number of halogens is 2. The number of nitrogens with zero attached hydrogens (tertiary/aromatic N) is 2. The molecule has 0 atom stereocenters. The van der Waals surface area contributed by atoms with Crippen molar-refractivity contribution in [3.8, 4) is 11.5 Å². The molecular formula is C9H7BrIN3O. The molecule has 2 N–H and O–H groups in total. The molecular weight excluding hydrogens is 373 g/mol. The quantitative estimate of drug-likeness (QED) is 0.814. The van der Waals surface area contributed by atoms with Gasteiger partial charge in [-0.15, -0.1) is 10.2 Å². The Labute approximate surface area is 109 Å². The van der Waals surface area contributed by atoms with Crippen LogP contribution in [0.2, 0.25) is 0 Å². The lowest BCUT2D eigenvalue weighted by Crippen LogP contribution is -1.95. The second kappa shape index (κ2) is 4.58. The van der Waals surface area contributed by atoms with E-state index in [0.29, 0.717) is 11.8 Å². The standard InChI is InChI=1S/C9H7BrIN3O/c10-7-2-1-5(11)3-6(7)9-14-13-8(4-12)15-9/h1-3H,4,12H2. The highest BCUT2D eigenvalue weighted by molar-refractivity contribution is 14.1. The van der Waals surface area contributed by atoms with Crippen molar-refractivity contribution in [2.24, 2.45) is 5.73 Å². The number of aromatic nitrogens is 2. The highest BCUT2D eigenvalue weighted by atomic mass is 127. The number of rotatable bonds is 2. The van der Waals surface area contributed by atoms with E-state index in [0.717, 1.165) is 13.6 Å². The van der Waals surface area contributed by atoms with Gasteiger partial charge >= 0.3 is 0 Å². The van der Waals surface area contributed by atoms with Gasteiger partial charge in [0, 0.05) is 8.04 Å². The minimum absolute atomic E-state index is 0.258. The van der Waals surface area contributed by atoms with Crippen molar-refractivity contribution < 1.29 is 4.42 Å². The largest absolute Gasteiger partial charge is 0.419 e. The topological polar surface area (TPSA) is 64.9 Å². The number of hydrogen-bond donors (Lipinski definition) is 1. The predicted octanol–water partition coefficient (Wildman–Crippen LogP) is 2.56. The van der Waals surface area contributed by atoms with Gasteiger partial charge in [-0.25, -0.2) is 0 Å². The van der Waals surface area contributed by atoms with E-state index < -0.39 is 0 Å². The molecule has 0 unspecified atom stereocenters. The Morgan fingerprint density at radius 3 is 2.87 bits per heavy atom. The second-order valence-corrected chi connectivity index (χ2v) is 4.93. The summed E-state index contributed by atoms with van der Waals surface area (Å²) in [5.74, 6) is 0.927. The van der Waals surface area contributed by atoms with Crippen molar-refractivity contribution in [3.63, 3.8) is 0 Å². The molecule has 0 saturated carbocycles. The number of nitrogens with two attached hydrogens (primary N) is 1. The first-order chi connectivity index (χ1) is 7.20. The molecule has 0 radical (unpaired) electrons. The molecule has 2 aromatic rings. The van der Waals surface area contributed by atoms with E-state index in [1.54, 1.807) is 0 Å². The monoisotopic (exact) mass is 379 g/mol. The van der Waals surface area contributed by atoms with Gasteiger partial charge in [-0.3, -0.25) is 0 Å². The van der Waals surface area contributed by atoms with Gasteiger partial charge in [0.05, 0.1) is 12.1 Å². The van der Waals surface area contributed by atoms with E-state index >= 15 is 0 Å². The molecule has 1 aromatic heterocycles. The van der Waals surface area contributed by atoms with Crippen molar-refractivity contribution in [2.75, 3.05) is 0 Å².